The molecule has 2 aromatic rings. The molecule has 1 aliphatic heterocycles. The number of oxime groups is 1. The second kappa shape index (κ2) is 5.85. The van der Waals surface area contributed by atoms with E-state index in [0.717, 1.165) is 11.3 Å². The molecule has 2 aromatic carbocycles. The molecule has 0 saturated heterocycles. The van der Waals surface area contributed by atoms with E-state index in [2.05, 4.69) is 10.5 Å². The van der Waals surface area contributed by atoms with Crippen LogP contribution in [-0.2, 0) is 9.63 Å². The van der Waals surface area contributed by atoms with Crippen LogP contribution >= 0.6 is 12.2 Å². The van der Waals surface area contributed by atoms with Gasteiger partial charge in [-0.15, -0.1) is 0 Å². The van der Waals surface area contributed by atoms with E-state index in [9.17, 15) is 4.79 Å². The van der Waals surface area contributed by atoms with Gasteiger partial charge in [0.15, 0.2) is 5.92 Å². The van der Waals surface area contributed by atoms with Crippen molar-refractivity contribution >= 4 is 34.6 Å². The van der Waals surface area contributed by atoms with Crippen molar-refractivity contribution in [3.05, 3.63) is 66.2 Å². The summed E-state index contributed by atoms with van der Waals surface area (Å²) in [6, 6.07) is 18.9. The summed E-state index contributed by atoms with van der Waals surface area (Å²) in [5, 5.41) is 6.93. The van der Waals surface area contributed by atoms with E-state index in [1.165, 1.54) is 0 Å². The lowest BCUT2D eigenvalue weighted by atomic mass is 9.97. The molecule has 1 heterocycles. The van der Waals surface area contributed by atoms with E-state index >= 15 is 0 Å². The molecule has 4 nitrogen and oxygen atoms in total. The Morgan fingerprint density at radius 3 is 2.33 bits per heavy atom. The Kier molecular flexibility index (Phi) is 3.75. The maximum atomic E-state index is 11.9. The summed E-state index contributed by atoms with van der Waals surface area (Å²) in [5.41, 5.74) is 2.19. The number of nitrogens with zero attached hydrogens (tertiary/aromatic N) is 1. The first-order valence-electron chi connectivity index (χ1n) is 6.46. The molecule has 0 aliphatic carbocycles. The van der Waals surface area contributed by atoms with Crippen LogP contribution in [0.3, 0.4) is 0 Å². The summed E-state index contributed by atoms with van der Waals surface area (Å²) >= 11 is 5.36. The van der Waals surface area contributed by atoms with Gasteiger partial charge in [0.1, 0.15) is 10.7 Å². The second-order valence-electron chi connectivity index (χ2n) is 4.54. The maximum absolute atomic E-state index is 11.9. The molecule has 0 spiro atoms. The number of hydrogen-bond donors (Lipinski definition) is 1. The van der Waals surface area contributed by atoms with Gasteiger partial charge in [-0.25, -0.2) is 4.79 Å². The summed E-state index contributed by atoms with van der Waals surface area (Å²) in [6.07, 6.45) is 0. The minimum atomic E-state index is -0.678. The molecule has 3 rings (SSSR count). The number of hydrogen-bond acceptors (Lipinski definition) is 4. The van der Waals surface area contributed by atoms with E-state index in [-0.39, 0.29) is 0 Å². The molecule has 0 bridgehead atoms. The summed E-state index contributed by atoms with van der Waals surface area (Å²) in [6.45, 7) is 0. The van der Waals surface area contributed by atoms with E-state index in [1.807, 2.05) is 60.7 Å². The molecule has 0 saturated carbocycles. The van der Waals surface area contributed by atoms with Gasteiger partial charge in [-0.05, 0) is 12.1 Å². The molecule has 5 heteroatoms. The smallest absolute Gasteiger partial charge is 0.349 e. The van der Waals surface area contributed by atoms with Gasteiger partial charge >= 0.3 is 5.97 Å². The largest absolute Gasteiger partial charge is 0.350 e. The Morgan fingerprint density at radius 1 is 1.05 bits per heavy atom. The lowest BCUT2D eigenvalue weighted by Gasteiger charge is -2.13. The highest BCUT2D eigenvalue weighted by Gasteiger charge is 2.37. The molecule has 0 radical (unpaired) electrons. The van der Waals surface area contributed by atoms with Crippen LogP contribution in [0.2, 0.25) is 0 Å². The van der Waals surface area contributed by atoms with Crippen molar-refractivity contribution in [2.75, 3.05) is 5.32 Å². The zero-order valence-electron chi connectivity index (χ0n) is 11.0. The fraction of sp³-hybridized carbons (Fsp3) is 0.0625. The van der Waals surface area contributed by atoms with Crippen LogP contribution < -0.4 is 5.32 Å². The van der Waals surface area contributed by atoms with Crippen molar-refractivity contribution in [1.82, 2.24) is 0 Å². The van der Waals surface area contributed by atoms with Crippen LogP contribution in [0, 0.1) is 5.92 Å². The number of benzene rings is 2. The molecule has 104 valence electrons. The highest BCUT2D eigenvalue weighted by Crippen LogP contribution is 2.21. The van der Waals surface area contributed by atoms with Gasteiger partial charge in [0.2, 0.25) is 0 Å². The maximum Gasteiger partial charge on any atom is 0.350 e. The molecule has 1 atom stereocenters. The molecule has 21 heavy (non-hydrogen) atoms. The Morgan fingerprint density at radius 2 is 1.67 bits per heavy atom. The fourth-order valence-electron chi connectivity index (χ4n) is 2.11. The highest BCUT2D eigenvalue weighted by atomic mass is 32.1. The van der Waals surface area contributed by atoms with Crippen molar-refractivity contribution in [1.29, 1.82) is 0 Å². The molecule has 0 fully saturated rings. The third-order valence-corrected chi connectivity index (χ3v) is 3.45. The van der Waals surface area contributed by atoms with Crippen molar-refractivity contribution < 1.29 is 9.63 Å². The predicted octanol–water partition coefficient (Wildman–Crippen LogP) is 3.00. The first-order chi connectivity index (χ1) is 10.3. The number of thiocarbonyl (C=S) groups is 1. The minimum Gasteiger partial charge on any atom is -0.349 e. The summed E-state index contributed by atoms with van der Waals surface area (Å²) in [4.78, 5) is 17.1. The van der Waals surface area contributed by atoms with Gasteiger partial charge in [0.05, 0.1) is 0 Å². The first kappa shape index (κ1) is 13.5. The normalized spacial score (nSPS) is 17.0. The van der Waals surface area contributed by atoms with Crippen LogP contribution in [-0.4, -0.2) is 16.7 Å². The monoisotopic (exact) mass is 296 g/mol. The Bertz CT molecular complexity index is 699. The van der Waals surface area contributed by atoms with E-state index < -0.39 is 11.9 Å². The van der Waals surface area contributed by atoms with E-state index in [0.29, 0.717) is 10.7 Å². The molecule has 1 N–H and O–H groups in total. The number of carbonyl (C=O) groups is 1. The average molecular weight is 296 g/mol. The molecule has 0 amide bonds. The van der Waals surface area contributed by atoms with Crippen molar-refractivity contribution in [2.45, 2.75) is 0 Å². The standard InChI is InChI=1S/C16H12N2O2S/c19-16-13(15(21)17-12-9-5-2-6-10-12)14(18-20-16)11-7-3-1-4-8-11/h1-10,13H,(H,17,21). The van der Waals surface area contributed by atoms with Gasteiger partial charge in [-0.1, -0.05) is 65.9 Å². The van der Waals surface area contributed by atoms with E-state index in [1.54, 1.807) is 0 Å². The van der Waals surface area contributed by atoms with Gasteiger partial charge in [-0.2, -0.15) is 0 Å². The van der Waals surface area contributed by atoms with Crippen LogP contribution in [0.25, 0.3) is 0 Å². The van der Waals surface area contributed by atoms with Crippen LogP contribution in [0.1, 0.15) is 5.56 Å². The number of rotatable bonds is 3. The van der Waals surface area contributed by atoms with Gasteiger partial charge in [-0.3, -0.25) is 0 Å². The molecular weight excluding hydrogens is 284 g/mol. The topological polar surface area (TPSA) is 50.7 Å². The SMILES string of the molecule is O=C1ON=C(c2ccccc2)C1C(=S)Nc1ccccc1. The van der Waals surface area contributed by atoms with Crippen LogP contribution in [0.15, 0.2) is 65.8 Å². The average Bonchev–Trinajstić information content (AvgIpc) is 2.91. The Labute approximate surface area is 127 Å². The van der Waals surface area contributed by atoms with Crippen LogP contribution in [0.4, 0.5) is 5.69 Å². The lowest BCUT2D eigenvalue weighted by Crippen LogP contribution is -2.31. The van der Waals surface area contributed by atoms with Crippen molar-refractivity contribution in [2.24, 2.45) is 11.1 Å². The third kappa shape index (κ3) is 2.83. The fourth-order valence-corrected chi connectivity index (χ4v) is 2.43. The Balaban J connectivity index is 1.84. The van der Waals surface area contributed by atoms with Crippen molar-refractivity contribution in [3.63, 3.8) is 0 Å². The van der Waals surface area contributed by atoms with Gasteiger partial charge in [0.25, 0.3) is 0 Å². The number of para-hydroxylation sites is 1. The first-order valence-corrected chi connectivity index (χ1v) is 6.86. The minimum absolute atomic E-state index is 0.381. The van der Waals surface area contributed by atoms with Crippen LogP contribution in [0.5, 0.6) is 0 Å². The molecule has 1 aliphatic rings. The molecular formula is C16H12N2O2S. The predicted molar refractivity (Wildman–Crippen MR) is 85.2 cm³/mol. The Hall–Kier alpha value is -2.53. The van der Waals surface area contributed by atoms with Gasteiger partial charge in [0, 0.05) is 11.3 Å². The lowest BCUT2D eigenvalue weighted by molar-refractivity contribution is -0.141. The quantitative estimate of drug-likeness (QED) is 0.699. The highest BCUT2D eigenvalue weighted by molar-refractivity contribution is 7.80. The summed E-state index contributed by atoms with van der Waals surface area (Å²) < 4.78 is 0. The number of anilines is 1. The number of carbonyl (C=O) groups excluding carboxylic acids is 1. The van der Waals surface area contributed by atoms with Gasteiger partial charge < -0.3 is 10.2 Å². The zero-order valence-corrected chi connectivity index (χ0v) is 11.8. The third-order valence-electron chi connectivity index (χ3n) is 3.12. The summed E-state index contributed by atoms with van der Waals surface area (Å²) in [5.74, 6) is -1.13. The second-order valence-corrected chi connectivity index (χ2v) is 4.98. The van der Waals surface area contributed by atoms with Crippen molar-refractivity contribution in [3.8, 4) is 0 Å². The van der Waals surface area contributed by atoms with E-state index in [4.69, 9.17) is 17.1 Å². The molecule has 1 unspecified atom stereocenters. The summed E-state index contributed by atoms with van der Waals surface area (Å²) in [7, 11) is 0. The zero-order chi connectivity index (χ0) is 14.7. The number of nitrogens with one attached hydrogen (secondary N) is 1. The molecule has 0 aromatic heterocycles.